The van der Waals surface area contributed by atoms with Crippen molar-refractivity contribution in [3.8, 4) is 0 Å². The van der Waals surface area contributed by atoms with E-state index in [-0.39, 0.29) is 15.1 Å². The van der Waals surface area contributed by atoms with E-state index in [4.69, 9.17) is 0 Å². The highest BCUT2D eigenvalue weighted by atomic mass is 79.9. The molecule has 5 nitrogen and oxygen atoms in total. The lowest BCUT2D eigenvalue weighted by Crippen LogP contribution is -2.14. The van der Waals surface area contributed by atoms with Crippen LogP contribution in [0.2, 0.25) is 0 Å². The van der Waals surface area contributed by atoms with Gasteiger partial charge in [-0.3, -0.25) is 4.72 Å². The second kappa shape index (κ2) is 6.77. The maximum atomic E-state index is 12.5. The summed E-state index contributed by atoms with van der Waals surface area (Å²) < 4.78 is 74.8. The van der Waals surface area contributed by atoms with Crippen molar-refractivity contribution in [3.63, 3.8) is 0 Å². The first-order chi connectivity index (χ1) is 11.0. The lowest BCUT2D eigenvalue weighted by Gasteiger charge is -2.11. The minimum atomic E-state index is -4.76. The molecular weight excluding hydrogens is 428 g/mol. The number of hydrogen-bond donors (Lipinski definition) is 1. The highest BCUT2D eigenvalue weighted by Crippen LogP contribution is 2.29. The second-order valence-electron chi connectivity index (χ2n) is 4.87. The number of sulfone groups is 1. The van der Waals surface area contributed by atoms with Gasteiger partial charge in [-0.25, -0.2) is 16.8 Å². The van der Waals surface area contributed by atoms with Crippen LogP contribution in [0.15, 0.2) is 56.7 Å². The van der Waals surface area contributed by atoms with Gasteiger partial charge in [0.15, 0.2) is 0 Å². The zero-order valence-corrected chi connectivity index (χ0v) is 15.4. The van der Waals surface area contributed by atoms with Gasteiger partial charge in [-0.15, -0.1) is 0 Å². The zero-order chi connectivity index (χ0) is 18.1. The highest BCUT2D eigenvalue weighted by molar-refractivity contribution is 9.10. The van der Waals surface area contributed by atoms with Crippen LogP contribution in [0, 0.1) is 6.92 Å². The number of hydrogen-bond acceptors (Lipinski definition) is 4. The highest BCUT2D eigenvalue weighted by Gasteiger charge is 2.27. The van der Waals surface area contributed by atoms with E-state index in [9.17, 15) is 25.6 Å². The normalized spacial score (nSPS) is 12.4. The van der Waals surface area contributed by atoms with Crippen LogP contribution in [0.5, 0.6) is 0 Å². The number of nitrogens with one attached hydrogen (secondary N) is 1. The van der Waals surface area contributed by atoms with Crippen LogP contribution >= 0.6 is 15.9 Å². The van der Waals surface area contributed by atoms with E-state index >= 15 is 0 Å². The Bertz CT molecular complexity index is 959. The maximum Gasteiger partial charge on any atom is 0.341 e. The van der Waals surface area contributed by atoms with E-state index in [0.29, 0.717) is 0 Å². The SMILES string of the molecule is Cc1ccc(S(=O)(=O)Nc2ccc(S(=O)(=O)C(F)F)cc2Br)cc1. The van der Waals surface area contributed by atoms with Gasteiger partial charge >= 0.3 is 5.76 Å². The summed E-state index contributed by atoms with van der Waals surface area (Å²) in [5.74, 6) is -3.56. The predicted octanol–water partition coefficient (Wildman–Crippen LogP) is 3.55. The van der Waals surface area contributed by atoms with Gasteiger partial charge in [0.2, 0.25) is 9.84 Å². The molecule has 2 aromatic carbocycles. The maximum absolute atomic E-state index is 12.5. The fourth-order valence-corrected chi connectivity index (χ4v) is 4.37. The van der Waals surface area contributed by atoms with Gasteiger partial charge in [0, 0.05) is 4.47 Å². The first-order valence-electron chi connectivity index (χ1n) is 6.45. The largest absolute Gasteiger partial charge is 0.341 e. The summed E-state index contributed by atoms with van der Waals surface area (Å²) in [5, 5.41) is 0. The summed E-state index contributed by atoms with van der Waals surface area (Å²) in [5.41, 5.74) is 0.917. The minimum absolute atomic E-state index is 0.0179. The van der Waals surface area contributed by atoms with Crippen LogP contribution in [-0.2, 0) is 19.9 Å². The Morgan fingerprint density at radius 2 is 1.50 bits per heavy atom. The molecule has 24 heavy (non-hydrogen) atoms. The van der Waals surface area contributed by atoms with E-state index in [2.05, 4.69) is 20.7 Å². The molecule has 0 fully saturated rings. The van der Waals surface area contributed by atoms with Crippen molar-refractivity contribution < 1.29 is 25.6 Å². The van der Waals surface area contributed by atoms with E-state index < -0.39 is 30.5 Å². The average Bonchev–Trinajstić information content (AvgIpc) is 2.49. The number of sulfonamides is 1. The molecule has 2 rings (SSSR count). The van der Waals surface area contributed by atoms with E-state index in [1.807, 2.05) is 6.92 Å². The molecule has 130 valence electrons. The van der Waals surface area contributed by atoms with Crippen molar-refractivity contribution in [1.82, 2.24) is 0 Å². The van der Waals surface area contributed by atoms with E-state index in [0.717, 1.165) is 23.8 Å². The second-order valence-corrected chi connectivity index (χ2v) is 9.32. The summed E-state index contributed by atoms with van der Waals surface area (Å²) in [6, 6.07) is 9.03. The van der Waals surface area contributed by atoms with Crippen molar-refractivity contribution in [2.24, 2.45) is 0 Å². The van der Waals surface area contributed by atoms with Crippen LogP contribution in [0.3, 0.4) is 0 Å². The van der Waals surface area contributed by atoms with Gasteiger partial charge in [-0.2, -0.15) is 8.78 Å². The van der Waals surface area contributed by atoms with Gasteiger partial charge in [0.25, 0.3) is 10.0 Å². The number of anilines is 1. The molecule has 10 heteroatoms. The van der Waals surface area contributed by atoms with Crippen LogP contribution in [0.1, 0.15) is 5.56 Å². The molecule has 0 bridgehead atoms. The summed E-state index contributed by atoms with van der Waals surface area (Å²) in [4.78, 5) is -0.591. The fraction of sp³-hybridized carbons (Fsp3) is 0.143. The lowest BCUT2D eigenvalue weighted by molar-refractivity contribution is 0.234. The van der Waals surface area contributed by atoms with Crippen molar-refractivity contribution >= 4 is 41.5 Å². The molecule has 0 saturated heterocycles. The molecule has 1 N–H and O–H groups in total. The zero-order valence-electron chi connectivity index (χ0n) is 12.2. The molecule has 0 aliphatic heterocycles. The fourth-order valence-electron chi connectivity index (χ4n) is 1.78. The van der Waals surface area contributed by atoms with Crippen LogP contribution in [0.4, 0.5) is 14.5 Å². The van der Waals surface area contributed by atoms with Crippen LogP contribution < -0.4 is 4.72 Å². The topological polar surface area (TPSA) is 80.3 Å². The number of alkyl halides is 2. The Labute approximate surface area is 146 Å². The van der Waals surface area contributed by atoms with Crippen molar-refractivity contribution in [2.75, 3.05) is 4.72 Å². The standard InChI is InChI=1S/C14H12BrF2NO4S2/c1-9-2-4-10(5-3-9)24(21,22)18-13-7-6-11(8-12(13)15)23(19,20)14(16)17/h2-8,14,18H,1H3. The van der Waals surface area contributed by atoms with Crippen molar-refractivity contribution in [2.45, 2.75) is 22.5 Å². The molecule has 2 aromatic rings. The first-order valence-corrected chi connectivity index (χ1v) is 10.3. The predicted molar refractivity (Wildman–Crippen MR) is 89.3 cm³/mol. The summed E-state index contributed by atoms with van der Waals surface area (Å²) in [6.07, 6.45) is 0. The Kier molecular flexibility index (Phi) is 5.31. The molecule has 0 spiro atoms. The first kappa shape index (κ1) is 18.8. The molecule has 0 unspecified atom stereocenters. The van der Waals surface area contributed by atoms with Crippen molar-refractivity contribution in [1.29, 1.82) is 0 Å². The van der Waals surface area contributed by atoms with Crippen molar-refractivity contribution in [3.05, 3.63) is 52.5 Å². The van der Waals surface area contributed by atoms with Gasteiger partial charge in [0.1, 0.15) is 0 Å². The van der Waals surface area contributed by atoms with Crippen LogP contribution in [0.25, 0.3) is 0 Å². The third-order valence-electron chi connectivity index (χ3n) is 3.08. The molecule has 0 heterocycles. The smallest absolute Gasteiger partial charge is 0.278 e. The molecule has 0 saturated carbocycles. The number of aryl methyl sites for hydroxylation is 1. The third-order valence-corrected chi connectivity index (χ3v) is 6.50. The number of rotatable bonds is 5. The Morgan fingerprint density at radius 3 is 2.00 bits per heavy atom. The average molecular weight is 440 g/mol. The molecule has 0 radical (unpaired) electrons. The Morgan fingerprint density at radius 1 is 0.958 bits per heavy atom. The minimum Gasteiger partial charge on any atom is -0.278 e. The van der Waals surface area contributed by atoms with Gasteiger partial charge < -0.3 is 0 Å². The summed E-state index contributed by atoms with van der Waals surface area (Å²) in [7, 11) is -8.65. The lowest BCUT2D eigenvalue weighted by atomic mass is 10.2. The van der Waals surface area contributed by atoms with E-state index in [1.165, 1.54) is 12.1 Å². The molecular formula is C14H12BrF2NO4S2. The van der Waals surface area contributed by atoms with Gasteiger partial charge in [-0.1, -0.05) is 17.7 Å². The van der Waals surface area contributed by atoms with E-state index in [1.54, 1.807) is 12.1 Å². The Balaban J connectivity index is 2.36. The summed E-state index contributed by atoms with van der Waals surface area (Å²) >= 11 is 2.99. The number of halogens is 3. The molecule has 0 aliphatic carbocycles. The molecule has 0 aliphatic rings. The molecule has 0 atom stereocenters. The van der Waals surface area contributed by atoms with Gasteiger partial charge in [-0.05, 0) is 53.2 Å². The number of benzene rings is 2. The third kappa shape index (κ3) is 3.93. The van der Waals surface area contributed by atoms with Crippen LogP contribution in [-0.4, -0.2) is 22.6 Å². The Hall–Kier alpha value is -1.52. The summed E-state index contributed by atoms with van der Waals surface area (Å²) in [6.45, 7) is 1.81. The quantitative estimate of drug-likeness (QED) is 0.771. The molecule has 0 amide bonds. The monoisotopic (exact) mass is 439 g/mol. The molecule has 0 aromatic heterocycles. The van der Waals surface area contributed by atoms with Gasteiger partial charge in [0.05, 0.1) is 15.5 Å².